The number of nitrogens with one attached hydrogen (secondary N) is 1. The van der Waals surface area contributed by atoms with E-state index in [0.29, 0.717) is 24.5 Å². The fourth-order valence-corrected chi connectivity index (χ4v) is 1.46. The Bertz CT molecular complexity index is 381. The van der Waals surface area contributed by atoms with Gasteiger partial charge in [0.05, 0.1) is 5.69 Å². The van der Waals surface area contributed by atoms with Crippen LogP contribution in [-0.2, 0) is 4.79 Å². The number of nitrogens with two attached hydrogens (primary N) is 1. The number of carbonyl (C=O) groups excluding carboxylic acids is 1. The average molecular weight is 287 g/mol. The second-order valence-electron chi connectivity index (χ2n) is 3.56. The van der Waals surface area contributed by atoms with Crippen molar-refractivity contribution in [2.24, 2.45) is 0 Å². The number of hydrogen-bond acceptors (Lipinski definition) is 4. The number of hydrogen-bond donors (Lipinski definition) is 2. The number of amides is 1. The first-order chi connectivity index (χ1) is 7.50. The Balaban J connectivity index is 2.46. The number of aromatic nitrogens is 1. The molecular weight excluding hydrogens is 272 g/mol. The van der Waals surface area contributed by atoms with E-state index in [0.717, 1.165) is 4.47 Å². The number of anilines is 2. The zero-order valence-electron chi connectivity index (χ0n) is 9.33. The van der Waals surface area contributed by atoms with Gasteiger partial charge in [-0.25, -0.2) is 4.98 Å². The topological polar surface area (TPSA) is 71.2 Å². The Hall–Kier alpha value is -1.30. The molecule has 16 heavy (non-hydrogen) atoms. The van der Waals surface area contributed by atoms with E-state index in [-0.39, 0.29) is 5.91 Å². The second kappa shape index (κ2) is 5.69. The van der Waals surface area contributed by atoms with Crippen molar-refractivity contribution in [3.05, 3.63) is 16.7 Å². The van der Waals surface area contributed by atoms with Gasteiger partial charge in [0.1, 0.15) is 5.82 Å². The minimum absolute atomic E-state index is 0.0724. The van der Waals surface area contributed by atoms with Crippen molar-refractivity contribution in [1.82, 2.24) is 9.88 Å². The third-order valence-electron chi connectivity index (χ3n) is 2.01. The Morgan fingerprint density at radius 3 is 2.88 bits per heavy atom. The maximum absolute atomic E-state index is 11.3. The van der Waals surface area contributed by atoms with E-state index in [4.69, 9.17) is 5.73 Å². The van der Waals surface area contributed by atoms with Crippen molar-refractivity contribution in [3.63, 3.8) is 0 Å². The van der Waals surface area contributed by atoms with Crippen LogP contribution < -0.4 is 11.1 Å². The Morgan fingerprint density at radius 2 is 2.31 bits per heavy atom. The molecule has 0 bridgehead atoms. The van der Waals surface area contributed by atoms with Crippen LogP contribution in [0.1, 0.15) is 6.42 Å². The molecular formula is C10H15BrN4O. The van der Waals surface area contributed by atoms with Crippen LogP contribution in [0.4, 0.5) is 11.5 Å². The first kappa shape index (κ1) is 12.8. The van der Waals surface area contributed by atoms with Gasteiger partial charge in [0.25, 0.3) is 0 Å². The molecule has 5 nitrogen and oxygen atoms in total. The molecule has 0 saturated heterocycles. The molecule has 0 aliphatic carbocycles. The van der Waals surface area contributed by atoms with Crippen molar-refractivity contribution in [1.29, 1.82) is 0 Å². The lowest BCUT2D eigenvalue weighted by Gasteiger charge is -2.11. The number of carbonyl (C=O) groups is 1. The van der Waals surface area contributed by atoms with Crippen LogP contribution in [0.15, 0.2) is 16.7 Å². The van der Waals surface area contributed by atoms with Gasteiger partial charge in [-0.15, -0.1) is 0 Å². The van der Waals surface area contributed by atoms with Crippen LogP contribution in [0, 0.1) is 0 Å². The minimum atomic E-state index is 0.0724. The second-order valence-corrected chi connectivity index (χ2v) is 4.47. The van der Waals surface area contributed by atoms with E-state index >= 15 is 0 Å². The first-order valence-electron chi connectivity index (χ1n) is 4.85. The molecule has 0 spiro atoms. The molecule has 6 heteroatoms. The summed E-state index contributed by atoms with van der Waals surface area (Å²) in [7, 11) is 3.46. The van der Waals surface area contributed by atoms with Crippen molar-refractivity contribution < 1.29 is 4.79 Å². The lowest BCUT2D eigenvalue weighted by Crippen LogP contribution is -2.24. The highest BCUT2D eigenvalue weighted by Crippen LogP contribution is 2.19. The number of pyridine rings is 1. The molecule has 0 radical (unpaired) electrons. The van der Waals surface area contributed by atoms with E-state index in [9.17, 15) is 4.79 Å². The predicted molar refractivity (Wildman–Crippen MR) is 68.2 cm³/mol. The standard InChI is InChI=1S/C10H15BrN4O/c1-15(2)9(16)3-4-13-10-8(12)5-7(11)6-14-10/h5-6H,3-4,12H2,1-2H3,(H,13,14). The molecule has 1 aromatic heterocycles. The summed E-state index contributed by atoms with van der Waals surface area (Å²) in [5, 5.41) is 3.02. The first-order valence-corrected chi connectivity index (χ1v) is 5.65. The maximum Gasteiger partial charge on any atom is 0.223 e. The highest BCUT2D eigenvalue weighted by molar-refractivity contribution is 9.10. The SMILES string of the molecule is CN(C)C(=O)CCNc1ncc(Br)cc1N. The van der Waals surface area contributed by atoms with Crippen LogP contribution >= 0.6 is 15.9 Å². The molecule has 3 N–H and O–H groups in total. The molecule has 0 saturated carbocycles. The number of nitrogen functional groups attached to an aromatic ring is 1. The third kappa shape index (κ3) is 3.69. The quantitative estimate of drug-likeness (QED) is 0.876. The van der Waals surface area contributed by atoms with Gasteiger partial charge in [-0.1, -0.05) is 0 Å². The number of rotatable bonds is 4. The van der Waals surface area contributed by atoms with E-state index in [2.05, 4.69) is 26.2 Å². The summed E-state index contributed by atoms with van der Waals surface area (Å²) in [6.07, 6.45) is 2.08. The van der Waals surface area contributed by atoms with Crippen LogP contribution in [-0.4, -0.2) is 36.4 Å². The summed E-state index contributed by atoms with van der Waals surface area (Å²) < 4.78 is 0.833. The Kier molecular flexibility index (Phi) is 4.54. The van der Waals surface area contributed by atoms with Gasteiger partial charge in [-0.05, 0) is 22.0 Å². The molecule has 0 unspecified atom stereocenters. The summed E-state index contributed by atoms with van der Waals surface area (Å²) in [4.78, 5) is 17.0. The lowest BCUT2D eigenvalue weighted by atomic mass is 10.3. The molecule has 0 aromatic carbocycles. The molecule has 1 amide bonds. The van der Waals surface area contributed by atoms with Crippen molar-refractivity contribution in [3.8, 4) is 0 Å². The molecule has 0 atom stereocenters. The summed E-state index contributed by atoms with van der Waals surface area (Å²) >= 11 is 3.28. The van der Waals surface area contributed by atoms with Crippen LogP contribution in [0.3, 0.4) is 0 Å². The van der Waals surface area contributed by atoms with Crippen molar-refractivity contribution >= 4 is 33.3 Å². The molecule has 0 aliphatic rings. The van der Waals surface area contributed by atoms with E-state index in [1.165, 1.54) is 0 Å². The molecule has 1 aromatic rings. The lowest BCUT2D eigenvalue weighted by molar-refractivity contribution is -0.128. The van der Waals surface area contributed by atoms with Gasteiger partial charge in [0.2, 0.25) is 5.91 Å². The Labute approximate surface area is 103 Å². The third-order valence-corrected chi connectivity index (χ3v) is 2.45. The highest BCUT2D eigenvalue weighted by Gasteiger charge is 2.05. The van der Waals surface area contributed by atoms with Gasteiger partial charge >= 0.3 is 0 Å². The Morgan fingerprint density at radius 1 is 1.62 bits per heavy atom. The van der Waals surface area contributed by atoms with Gasteiger partial charge in [-0.3, -0.25) is 4.79 Å². The van der Waals surface area contributed by atoms with Gasteiger partial charge < -0.3 is 16.0 Å². The molecule has 88 valence electrons. The largest absolute Gasteiger partial charge is 0.396 e. The fourth-order valence-electron chi connectivity index (χ4n) is 1.11. The predicted octanol–water partition coefficient (Wildman–Crippen LogP) is 1.32. The van der Waals surface area contributed by atoms with Crippen LogP contribution in [0.25, 0.3) is 0 Å². The van der Waals surface area contributed by atoms with Gasteiger partial charge in [-0.2, -0.15) is 0 Å². The van der Waals surface area contributed by atoms with Gasteiger partial charge in [0, 0.05) is 37.7 Å². The minimum Gasteiger partial charge on any atom is -0.396 e. The molecule has 0 fully saturated rings. The summed E-state index contributed by atoms with van der Waals surface area (Å²) in [6.45, 7) is 0.524. The fraction of sp³-hybridized carbons (Fsp3) is 0.400. The van der Waals surface area contributed by atoms with Gasteiger partial charge in [0.15, 0.2) is 0 Å². The monoisotopic (exact) mass is 286 g/mol. The number of nitrogens with zero attached hydrogens (tertiary/aromatic N) is 2. The zero-order valence-corrected chi connectivity index (χ0v) is 10.9. The molecule has 1 heterocycles. The van der Waals surface area contributed by atoms with Crippen molar-refractivity contribution in [2.75, 3.05) is 31.7 Å². The van der Waals surface area contributed by atoms with Crippen LogP contribution in [0.2, 0.25) is 0 Å². The number of halogens is 1. The van der Waals surface area contributed by atoms with Crippen LogP contribution in [0.5, 0.6) is 0 Å². The van der Waals surface area contributed by atoms with E-state index < -0.39 is 0 Å². The van der Waals surface area contributed by atoms with Crippen molar-refractivity contribution in [2.45, 2.75) is 6.42 Å². The average Bonchev–Trinajstić information content (AvgIpc) is 2.20. The summed E-state index contributed by atoms with van der Waals surface area (Å²) in [6, 6.07) is 1.77. The maximum atomic E-state index is 11.3. The smallest absolute Gasteiger partial charge is 0.223 e. The summed E-state index contributed by atoms with van der Waals surface area (Å²) in [5.74, 6) is 0.679. The van der Waals surface area contributed by atoms with E-state index in [1.54, 1.807) is 31.3 Å². The normalized spacial score (nSPS) is 9.94. The zero-order chi connectivity index (χ0) is 12.1. The van der Waals surface area contributed by atoms with E-state index in [1.807, 2.05) is 0 Å². The summed E-state index contributed by atoms with van der Waals surface area (Å²) in [5.41, 5.74) is 6.31. The molecule has 0 aliphatic heterocycles. The molecule has 1 rings (SSSR count). The highest BCUT2D eigenvalue weighted by atomic mass is 79.9.